The Morgan fingerprint density at radius 2 is 2.20 bits per heavy atom. The Labute approximate surface area is 89.3 Å². The zero-order chi connectivity index (χ0) is 11.3. The number of hydrogen-bond acceptors (Lipinski definition) is 4. The van der Waals surface area contributed by atoms with Gasteiger partial charge in [-0.15, -0.1) is 0 Å². The average molecular weight is 218 g/mol. The molecule has 0 saturated carbocycles. The minimum atomic E-state index is -0.808. The molecule has 0 radical (unpaired) electrons. The van der Waals surface area contributed by atoms with Gasteiger partial charge >= 0.3 is 5.97 Å². The van der Waals surface area contributed by atoms with Crippen molar-refractivity contribution < 1.29 is 24.1 Å². The van der Waals surface area contributed by atoms with Gasteiger partial charge < -0.3 is 19.3 Å². The van der Waals surface area contributed by atoms with Crippen molar-refractivity contribution in [1.29, 1.82) is 0 Å². The summed E-state index contributed by atoms with van der Waals surface area (Å²) in [6.07, 6.45) is 0.938. The topological polar surface area (TPSA) is 65.0 Å². The van der Waals surface area contributed by atoms with Gasteiger partial charge in [-0.2, -0.15) is 0 Å². The minimum absolute atomic E-state index is 0.0220. The molecule has 3 unspecified atom stereocenters. The van der Waals surface area contributed by atoms with Crippen molar-refractivity contribution in [2.45, 2.75) is 25.0 Å². The van der Waals surface area contributed by atoms with E-state index in [1.54, 1.807) is 14.2 Å². The Kier molecular flexibility index (Phi) is 5.01. The normalized spacial score (nSPS) is 30.7. The van der Waals surface area contributed by atoms with Crippen molar-refractivity contribution in [3.8, 4) is 0 Å². The summed E-state index contributed by atoms with van der Waals surface area (Å²) < 4.78 is 15.5. The van der Waals surface area contributed by atoms with Crippen LogP contribution >= 0.6 is 0 Å². The second-order valence-corrected chi connectivity index (χ2v) is 3.71. The third kappa shape index (κ3) is 3.44. The molecule has 1 N–H and O–H groups in total. The van der Waals surface area contributed by atoms with Gasteiger partial charge in [0, 0.05) is 20.8 Å². The third-order valence-electron chi connectivity index (χ3n) is 2.62. The molecule has 0 amide bonds. The molecule has 0 spiro atoms. The summed E-state index contributed by atoms with van der Waals surface area (Å²) in [4.78, 5) is 10.9. The monoisotopic (exact) mass is 218 g/mol. The van der Waals surface area contributed by atoms with Gasteiger partial charge in [-0.05, 0) is 12.8 Å². The highest BCUT2D eigenvalue weighted by atomic mass is 16.5. The van der Waals surface area contributed by atoms with E-state index in [9.17, 15) is 4.79 Å². The predicted molar refractivity (Wildman–Crippen MR) is 52.8 cm³/mol. The minimum Gasteiger partial charge on any atom is -0.481 e. The standard InChI is InChI=1S/C10H18O5/c1-13-4-3-7-5-8(10(11)12)9(15-7)6-14-2/h7-9H,3-6H2,1-2H3,(H,11,12). The molecule has 5 heteroatoms. The molecule has 0 aromatic rings. The second-order valence-electron chi connectivity index (χ2n) is 3.71. The van der Waals surface area contributed by atoms with Crippen LogP contribution in [0.1, 0.15) is 12.8 Å². The molecule has 0 bridgehead atoms. The van der Waals surface area contributed by atoms with Crippen molar-refractivity contribution in [2.75, 3.05) is 27.4 Å². The quantitative estimate of drug-likeness (QED) is 0.704. The van der Waals surface area contributed by atoms with Gasteiger partial charge in [0.15, 0.2) is 0 Å². The molecule has 1 aliphatic heterocycles. The van der Waals surface area contributed by atoms with E-state index < -0.39 is 11.9 Å². The van der Waals surface area contributed by atoms with Crippen LogP contribution in [0.15, 0.2) is 0 Å². The van der Waals surface area contributed by atoms with Crippen LogP contribution in [-0.2, 0) is 19.0 Å². The molecule has 0 aromatic carbocycles. The Bertz CT molecular complexity index is 206. The summed E-state index contributed by atoms with van der Waals surface area (Å²) in [5, 5.41) is 8.99. The zero-order valence-corrected chi connectivity index (χ0v) is 9.14. The third-order valence-corrected chi connectivity index (χ3v) is 2.62. The van der Waals surface area contributed by atoms with Gasteiger partial charge in [0.05, 0.1) is 24.7 Å². The number of carbonyl (C=O) groups is 1. The summed E-state index contributed by atoms with van der Waals surface area (Å²) in [7, 11) is 3.17. The highest BCUT2D eigenvalue weighted by Gasteiger charge is 2.39. The Morgan fingerprint density at radius 1 is 1.47 bits per heavy atom. The van der Waals surface area contributed by atoms with Crippen LogP contribution in [0.2, 0.25) is 0 Å². The number of rotatable bonds is 6. The first-order chi connectivity index (χ1) is 7.19. The first-order valence-corrected chi connectivity index (χ1v) is 5.05. The van der Waals surface area contributed by atoms with Gasteiger partial charge in [0.2, 0.25) is 0 Å². The lowest BCUT2D eigenvalue weighted by atomic mass is 9.99. The van der Waals surface area contributed by atoms with Crippen molar-refractivity contribution >= 4 is 5.97 Å². The fourth-order valence-corrected chi connectivity index (χ4v) is 1.85. The highest BCUT2D eigenvalue weighted by Crippen LogP contribution is 2.28. The van der Waals surface area contributed by atoms with Gasteiger partial charge in [-0.1, -0.05) is 0 Å². The molecule has 88 valence electrons. The van der Waals surface area contributed by atoms with Crippen LogP contribution in [0.3, 0.4) is 0 Å². The Morgan fingerprint density at radius 3 is 2.73 bits per heavy atom. The number of aliphatic carboxylic acids is 1. The maximum atomic E-state index is 10.9. The molecule has 1 aliphatic rings. The molecule has 1 heterocycles. The summed E-state index contributed by atoms with van der Waals surface area (Å²) in [5.41, 5.74) is 0. The van der Waals surface area contributed by atoms with E-state index in [0.717, 1.165) is 6.42 Å². The molecular formula is C10H18O5. The summed E-state index contributed by atoms with van der Waals surface area (Å²) in [6, 6.07) is 0. The maximum Gasteiger partial charge on any atom is 0.309 e. The molecule has 0 aliphatic carbocycles. The average Bonchev–Trinajstić information content (AvgIpc) is 2.59. The fourth-order valence-electron chi connectivity index (χ4n) is 1.85. The van der Waals surface area contributed by atoms with Crippen LogP contribution < -0.4 is 0 Å². The first-order valence-electron chi connectivity index (χ1n) is 5.05. The molecular weight excluding hydrogens is 200 g/mol. The number of methoxy groups -OCH3 is 2. The lowest BCUT2D eigenvalue weighted by Crippen LogP contribution is -2.27. The van der Waals surface area contributed by atoms with Crippen LogP contribution in [0, 0.1) is 5.92 Å². The van der Waals surface area contributed by atoms with E-state index in [0.29, 0.717) is 19.6 Å². The summed E-state index contributed by atoms with van der Waals surface area (Å²) >= 11 is 0. The van der Waals surface area contributed by atoms with Crippen LogP contribution in [0.4, 0.5) is 0 Å². The number of ether oxygens (including phenoxy) is 3. The zero-order valence-electron chi connectivity index (χ0n) is 9.14. The Hall–Kier alpha value is -0.650. The lowest BCUT2D eigenvalue weighted by molar-refractivity contribution is -0.144. The van der Waals surface area contributed by atoms with Gasteiger partial charge in [-0.3, -0.25) is 4.79 Å². The second kappa shape index (κ2) is 6.05. The smallest absolute Gasteiger partial charge is 0.309 e. The summed E-state index contributed by atoms with van der Waals surface area (Å²) in [5.74, 6) is -1.26. The van der Waals surface area contributed by atoms with E-state index in [1.165, 1.54) is 0 Å². The molecule has 1 saturated heterocycles. The van der Waals surface area contributed by atoms with Crippen LogP contribution in [0.25, 0.3) is 0 Å². The van der Waals surface area contributed by atoms with Crippen molar-refractivity contribution in [1.82, 2.24) is 0 Å². The van der Waals surface area contributed by atoms with Gasteiger partial charge in [0.25, 0.3) is 0 Å². The molecule has 15 heavy (non-hydrogen) atoms. The molecule has 1 rings (SSSR count). The van der Waals surface area contributed by atoms with Crippen molar-refractivity contribution in [3.05, 3.63) is 0 Å². The molecule has 1 fully saturated rings. The van der Waals surface area contributed by atoms with Crippen molar-refractivity contribution in [2.24, 2.45) is 5.92 Å². The predicted octanol–water partition coefficient (Wildman–Crippen LogP) is 0.528. The molecule has 0 aromatic heterocycles. The first kappa shape index (κ1) is 12.4. The molecule has 3 atom stereocenters. The van der Waals surface area contributed by atoms with Crippen molar-refractivity contribution in [3.63, 3.8) is 0 Å². The van der Waals surface area contributed by atoms with Gasteiger partial charge in [0.1, 0.15) is 0 Å². The van der Waals surface area contributed by atoms with Crippen LogP contribution in [0.5, 0.6) is 0 Å². The van der Waals surface area contributed by atoms with E-state index >= 15 is 0 Å². The lowest BCUT2D eigenvalue weighted by Gasteiger charge is -2.14. The van der Waals surface area contributed by atoms with Crippen LogP contribution in [-0.4, -0.2) is 50.7 Å². The highest BCUT2D eigenvalue weighted by molar-refractivity contribution is 5.71. The Balaban J connectivity index is 2.45. The summed E-state index contributed by atoms with van der Waals surface area (Å²) in [6.45, 7) is 0.928. The van der Waals surface area contributed by atoms with E-state index in [4.69, 9.17) is 19.3 Å². The maximum absolute atomic E-state index is 10.9. The number of carboxylic acid groups (broad SMARTS) is 1. The van der Waals surface area contributed by atoms with E-state index in [-0.39, 0.29) is 12.2 Å². The number of carboxylic acids is 1. The SMILES string of the molecule is COCCC1CC(C(=O)O)C(COC)O1. The largest absolute Gasteiger partial charge is 0.481 e. The fraction of sp³-hybridized carbons (Fsp3) is 0.900. The molecule has 5 nitrogen and oxygen atoms in total. The van der Waals surface area contributed by atoms with Gasteiger partial charge in [-0.25, -0.2) is 0 Å². The number of hydrogen-bond donors (Lipinski definition) is 1. The van der Waals surface area contributed by atoms with E-state index in [1.807, 2.05) is 0 Å². The van der Waals surface area contributed by atoms with E-state index in [2.05, 4.69) is 0 Å².